The van der Waals surface area contributed by atoms with E-state index in [0.29, 0.717) is 0 Å². The van der Waals surface area contributed by atoms with Gasteiger partial charge < -0.3 is 10.2 Å². The maximum absolute atomic E-state index is 5.94. The molecular weight excluding hydrogens is 358 g/mol. The average molecular weight is 380 g/mol. The van der Waals surface area contributed by atoms with E-state index >= 15 is 0 Å². The molecule has 4 rings (SSSR count). The van der Waals surface area contributed by atoms with E-state index in [0.717, 1.165) is 55.2 Å². The molecule has 3 aromatic rings. The molecule has 1 aliphatic heterocycles. The molecule has 2 aromatic carbocycles. The molecule has 1 fully saturated rings. The maximum atomic E-state index is 5.94. The third-order valence-corrected chi connectivity index (χ3v) is 4.92. The molecule has 0 unspecified atom stereocenters. The van der Waals surface area contributed by atoms with Crippen molar-refractivity contribution in [1.29, 1.82) is 0 Å². The Balaban J connectivity index is 1.36. The number of hydrogen-bond donors (Lipinski definition) is 1. The quantitative estimate of drug-likeness (QED) is 0.719. The highest BCUT2D eigenvalue weighted by atomic mass is 35.5. The van der Waals surface area contributed by atoms with Crippen LogP contribution in [-0.2, 0) is 6.54 Å². The normalized spacial score (nSPS) is 14.9. The summed E-state index contributed by atoms with van der Waals surface area (Å²) in [6, 6.07) is 20.1. The third-order valence-electron chi connectivity index (χ3n) is 4.66. The Kier molecular flexibility index (Phi) is 5.51. The Morgan fingerprint density at radius 2 is 1.63 bits per heavy atom. The number of halogens is 1. The highest BCUT2D eigenvalue weighted by molar-refractivity contribution is 6.30. The predicted octanol–water partition coefficient (Wildman–Crippen LogP) is 4.20. The van der Waals surface area contributed by atoms with Crippen LogP contribution < -0.4 is 10.2 Å². The molecule has 1 saturated heterocycles. The van der Waals surface area contributed by atoms with Gasteiger partial charge in [0, 0.05) is 49.6 Å². The van der Waals surface area contributed by atoms with Gasteiger partial charge in [0.25, 0.3) is 0 Å². The Morgan fingerprint density at radius 1 is 0.889 bits per heavy atom. The van der Waals surface area contributed by atoms with Crippen molar-refractivity contribution in [3.63, 3.8) is 0 Å². The van der Waals surface area contributed by atoms with Crippen molar-refractivity contribution in [2.75, 3.05) is 36.4 Å². The molecular formula is C21H22ClN5. The van der Waals surface area contributed by atoms with Crippen LogP contribution in [0.25, 0.3) is 0 Å². The fraction of sp³-hybridized carbons (Fsp3) is 0.238. The molecule has 27 heavy (non-hydrogen) atoms. The molecule has 0 aliphatic carbocycles. The van der Waals surface area contributed by atoms with E-state index in [9.17, 15) is 0 Å². The minimum atomic E-state index is 0.720. The first kappa shape index (κ1) is 17.8. The van der Waals surface area contributed by atoms with Crippen LogP contribution in [0.4, 0.5) is 17.5 Å². The zero-order valence-corrected chi connectivity index (χ0v) is 15.8. The van der Waals surface area contributed by atoms with Gasteiger partial charge in [0.2, 0.25) is 5.95 Å². The van der Waals surface area contributed by atoms with E-state index < -0.39 is 0 Å². The first-order valence-corrected chi connectivity index (χ1v) is 9.51. The predicted molar refractivity (Wildman–Crippen MR) is 111 cm³/mol. The molecule has 1 N–H and O–H groups in total. The van der Waals surface area contributed by atoms with E-state index in [1.54, 1.807) is 6.20 Å². The molecule has 2 heterocycles. The van der Waals surface area contributed by atoms with Gasteiger partial charge in [-0.3, -0.25) is 4.90 Å². The van der Waals surface area contributed by atoms with Gasteiger partial charge in [0.05, 0.1) is 0 Å². The smallest absolute Gasteiger partial charge is 0.227 e. The lowest BCUT2D eigenvalue weighted by Gasteiger charge is -2.34. The van der Waals surface area contributed by atoms with Crippen molar-refractivity contribution < 1.29 is 0 Å². The second-order valence-electron chi connectivity index (χ2n) is 6.62. The minimum absolute atomic E-state index is 0.720. The lowest BCUT2D eigenvalue weighted by atomic mass is 10.2. The Hall–Kier alpha value is -2.63. The number of rotatable bonds is 5. The van der Waals surface area contributed by atoms with E-state index in [2.05, 4.69) is 55.4 Å². The number of aromatic nitrogens is 2. The van der Waals surface area contributed by atoms with Gasteiger partial charge in [-0.1, -0.05) is 41.9 Å². The van der Waals surface area contributed by atoms with Crippen LogP contribution in [0.5, 0.6) is 0 Å². The second-order valence-corrected chi connectivity index (χ2v) is 7.06. The molecule has 1 aliphatic rings. The summed E-state index contributed by atoms with van der Waals surface area (Å²) in [6.07, 6.45) is 1.80. The zero-order valence-electron chi connectivity index (χ0n) is 15.1. The molecule has 6 heteroatoms. The molecule has 0 spiro atoms. The first-order chi connectivity index (χ1) is 13.3. The molecule has 5 nitrogen and oxygen atoms in total. The van der Waals surface area contributed by atoms with Crippen LogP contribution in [-0.4, -0.2) is 41.0 Å². The molecule has 0 amide bonds. The van der Waals surface area contributed by atoms with Crippen molar-refractivity contribution in [2.45, 2.75) is 6.54 Å². The second kappa shape index (κ2) is 8.37. The minimum Gasteiger partial charge on any atom is -0.340 e. The van der Waals surface area contributed by atoms with Gasteiger partial charge in [0.15, 0.2) is 0 Å². The summed E-state index contributed by atoms with van der Waals surface area (Å²) in [5.41, 5.74) is 2.31. The lowest BCUT2D eigenvalue weighted by Crippen LogP contribution is -2.46. The summed E-state index contributed by atoms with van der Waals surface area (Å²) in [5.74, 6) is 1.56. The summed E-state index contributed by atoms with van der Waals surface area (Å²) in [4.78, 5) is 13.9. The van der Waals surface area contributed by atoms with E-state index in [4.69, 9.17) is 11.6 Å². The van der Waals surface area contributed by atoms with Crippen molar-refractivity contribution in [2.24, 2.45) is 0 Å². The molecule has 138 valence electrons. The fourth-order valence-corrected chi connectivity index (χ4v) is 3.33. The summed E-state index contributed by atoms with van der Waals surface area (Å²) in [5, 5.41) is 4.02. The molecule has 1 aromatic heterocycles. The summed E-state index contributed by atoms with van der Waals surface area (Å²) < 4.78 is 0. The number of anilines is 3. The Morgan fingerprint density at radius 3 is 2.37 bits per heavy atom. The molecule has 0 atom stereocenters. The van der Waals surface area contributed by atoms with Gasteiger partial charge in [-0.25, -0.2) is 4.98 Å². The summed E-state index contributed by atoms with van der Waals surface area (Å²) >= 11 is 5.94. The zero-order chi connectivity index (χ0) is 18.5. The van der Waals surface area contributed by atoms with Crippen LogP contribution in [0.3, 0.4) is 0 Å². The van der Waals surface area contributed by atoms with Gasteiger partial charge in [-0.05, 0) is 35.9 Å². The number of hydrogen-bond acceptors (Lipinski definition) is 5. The fourth-order valence-electron chi connectivity index (χ4n) is 3.20. The topological polar surface area (TPSA) is 44.3 Å². The summed E-state index contributed by atoms with van der Waals surface area (Å²) in [6.45, 7) is 4.86. The first-order valence-electron chi connectivity index (χ1n) is 9.13. The van der Waals surface area contributed by atoms with Crippen LogP contribution in [0.2, 0.25) is 5.02 Å². The number of nitrogens with zero attached hydrogens (tertiary/aromatic N) is 4. The number of nitrogens with one attached hydrogen (secondary N) is 1. The molecule has 0 saturated carbocycles. The SMILES string of the molecule is Clc1ccc(Nc2ccnc(N3CCN(Cc4ccccc4)CC3)n2)cc1. The summed E-state index contributed by atoms with van der Waals surface area (Å²) in [7, 11) is 0. The number of piperazine rings is 1. The van der Waals surface area contributed by atoms with Crippen molar-refractivity contribution in [3.8, 4) is 0 Å². The van der Waals surface area contributed by atoms with Gasteiger partial charge in [-0.2, -0.15) is 4.98 Å². The van der Waals surface area contributed by atoms with E-state index in [1.165, 1.54) is 5.56 Å². The van der Waals surface area contributed by atoms with Crippen LogP contribution in [0, 0.1) is 0 Å². The van der Waals surface area contributed by atoms with Crippen molar-refractivity contribution in [3.05, 3.63) is 77.4 Å². The molecule has 0 bridgehead atoms. The van der Waals surface area contributed by atoms with Crippen molar-refractivity contribution >= 4 is 29.1 Å². The standard InChI is InChI=1S/C21H22ClN5/c22-18-6-8-19(9-7-18)24-20-10-11-23-21(25-20)27-14-12-26(13-15-27)16-17-4-2-1-3-5-17/h1-11H,12-16H2,(H,23,24,25). The number of benzene rings is 2. The van der Waals surface area contributed by atoms with Gasteiger partial charge in [0.1, 0.15) is 5.82 Å². The highest BCUT2D eigenvalue weighted by Gasteiger charge is 2.19. The molecule has 0 radical (unpaired) electrons. The lowest BCUT2D eigenvalue weighted by molar-refractivity contribution is 0.248. The highest BCUT2D eigenvalue weighted by Crippen LogP contribution is 2.20. The maximum Gasteiger partial charge on any atom is 0.227 e. The van der Waals surface area contributed by atoms with Crippen LogP contribution >= 0.6 is 11.6 Å². The van der Waals surface area contributed by atoms with Crippen LogP contribution in [0.1, 0.15) is 5.56 Å². The third kappa shape index (κ3) is 4.76. The van der Waals surface area contributed by atoms with Gasteiger partial charge >= 0.3 is 0 Å². The van der Waals surface area contributed by atoms with Crippen molar-refractivity contribution in [1.82, 2.24) is 14.9 Å². The monoisotopic (exact) mass is 379 g/mol. The Labute approximate surface area is 164 Å². The van der Waals surface area contributed by atoms with Gasteiger partial charge in [-0.15, -0.1) is 0 Å². The Bertz CT molecular complexity index is 861. The average Bonchev–Trinajstić information content (AvgIpc) is 2.71. The van der Waals surface area contributed by atoms with Crippen LogP contribution in [0.15, 0.2) is 66.9 Å². The largest absolute Gasteiger partial charge is 0.340 e. The van der Waals surface area contributed by atoms with E-state index in [-0.39, 0.29) is 0 Å². The van der Waals surface area contributed by atoms with E-state index in [1.807, 2.05) is 30.3 Å².